The first-order valence-corrected chi connectivity index (χ1v) is 6.81. The highest BCUT2D eigenvalue weighted by Crippen LogP contribution is 2.23. The Hall–Kier alpha value is -1.01. The average molecular weight is 334 g/mol. The fourth-order valence-corrected chi connectivity index (χ4v) is 2.07. The number of halogens is 3. The van der Waals surface area contributed by atoms with Crippen molar-refractivity contribution in [3.8, 4) is 0 Å². The predicted octanol–water partition coefficient (Wildman–Crippen LogP) is 3.26. The van der Waals surface area contributed by atoms with Gasteiger partial charge < -0.3 is 5.73 Å². The van der Waals surface area contributed by atoms with E-state index < -0.39 is 11.6 Å². The Balaban J connectivity index is 2.90. The van der Waals surface area contributed by atoms with Crippen molar-refractivity contribution in [3.05, 3.63) is 33.8 Å². The molecule has 3 nitrogen and oxygen atoms in total. The summed E-state index contributed by atoms with van der Waals surface area (Å²) < 4.78 is 27.9. The molecular weight excluding hydrogens is 316 g/mol. The molecule has 0 saturated heterocycles. The molecule has 1 aromatic carbocycles. The van der Waals surface area contributed by atoms with Gasteiger partial charge in [0.25, 0.3) is 0 Å². The smallest absolute Gasteiger partial charge is 0.144 e. The molecule has 0 atom stereocenters. The highest BCUT2D eigenvalue weighted by Gasteiger charge is 2.18. The van der Waals surface area contributed by atoms with E-state index in [1.54, 1.807) is 0 Å². The van der Waals surface area contributed by atoms with Crippen LogP contribution in [0.3, 0.4) is 0 Å². The van der Waals surface area contributed by atoms with Gasteiger partial charge in [0.2, 0.25) is 0 Å². The van der Waals surface area contributed by atoms with Gasteiger partial charge in [0, 0.05) is 31.1 Å². The van der Waals surface area contributed by atoms with Gasteiger partial charge in [-0.25, -0.2) is 8.78 Å². The Morgan fingerprint density at radius 3 is 2.58 bits per heavy atom. The van der Waals surface area contributed by atoms with E-state index in [0.29, 0.717) is 13.0 Å². The van der Waals surface area contributed by atoms with Crippen LogP contribution >= 0.6 is 15.9 Å². The van der Waals surface area contributed by atoms with Gasteiger partial charge in [-0.1, -0.05) is 0 Å². The Morgan fingerprint density at radius 2 is 2.05 bits per heavy atom. The molecule has 0 saturated carbocycles. The fourth-order valence-electron chi connectivity index (χ4n) is 1.70. The third kappa shape index (κ3) is 4.54. The minimum atomic E-state index is -0.575. The standard InChI is InChI=1S/C13H18BrF2N3/c1-8(2)19(6-5-12(17)18)7-9-11(15)4-3-10(14)13(9)16/h3-4,8H,5-7H2,1-2H3,(H3,17,18). The number of amidine groups is 1. The molecule has 0 aliphatic heterocycles. The van der Waals surface area contributed by atoms with E-state index in [4.69, 9.17) is 11.1 Å². The summed E-state index contributed by atoms with van der Waals surface area (Å²) in [4.78, 5) is 1.88. The van der Waals surface area contributed by atoms with Crippen LogP contribution in [0.1, 0.15) is 25.8 Å². The number of nitrogens with zero attached hydrogens (tertiary/aromatic N) is 1. The molecule has 0 aliphatic carbocycles. The average Bonchev–Trinajstić information content (AvgIpc) is 2.32. The summed E-state index contributed by atoms with van der Waals surface area (Å²) in [7, 11) is 0. The lowest BCUT2D eigenvalue weighted by Gasteiger charge is -2.26. The third-order valence-corrected chi connectivity index (χ3v) is 3.51. The van der Waals surface area contributed by atoms with Crippen LogP contribution < -0.4 is 5.73 Å². The van der Waals surface area contributed by atoms with E-state index in [-0.39, 0.29) is 28.5 Å². The van der Waals surface area contributed by atoms with Gasteiger partial charge in [-0.05, 0) is 41.9 Å². The molecule has 0 spiro atoms. The van der Waals surface area contributed by atoms with E-state index in [9.17, 15) is 8.78 Å². The van der Waals surface area contributed by atoms with Crippen LogP contribution in [0.2, 0.25) is 0 Å². The SMILES string of the molecule is CC(C)N(CCC(=N)N)Cc1c(F)ccc(Br)c1F. The highest BCUT2D eigenvalue weighted by molar-refractivity contribution is 9.10. The van der Waals surface area contributed by atoms with Crippen LogP contribution in [0.15, 0.2) is 16.6 Å². The summed E-state index contributed by atoms with van der Waals surface area (Å²) >= 11 is 3.06. The molecule has 106 valence electrons. The summed E-state index contributed by atoms with van der Waals surface area (Å²) in [5, 5.41) is 7.22. The molecule has 19 heavy (non-hydrogen) atoms. The number of nitrogens with two attached hydrogens (primary N) is 1. The van der Waals surface area contributed by atoms with Crippen molar-refractivity contribution < 1.29 is 8.78 Å². The molecular formula is C13H18BrF2N3. The van der Waals surface area contributed by atoms with Crippen LogP contribution in [0.25, 0.3) is 0 Å². The van der Waals surface area contributed by atoms with Crippen molar-refractivity contribution in [1.29, 1.82) is 5.41 Å². The lowest BCUT2D eigenvalue weighted by Crippen LogP contribution is -2.34. The van der Waals surface area contributed by atoms with Gasteiger partial charge >= 0.3 is 0 Å². The quantitative estimate of drug-likeness (QED) is 0.477. The van der Waals surface area contributed by atoms with Crippen molar-refractivity contribution in [1.82, 2.24) is 4.90 Å². The van der Waals surface area contributed by atoms with Crippen molar-refractivity contribution in [2.75, 3.05) is 6.54 Å². The van der Waals surface area contributed by atoms with E-state index in [1.807, 2.05) is 18.7 Å². The van der Waals surface area contributed by atoms with Crippen molar-refractivity contribution in [2.24, 2.45) is 5.73 Å². The Kier molecular flexibility index (Phi) is 5.87. The van der Waals surface area contributed by atoms with Gasteiger partial charge in [-0.15, -0.1) is 0 Å². The molecule has 1 rings (SSSR count). The second-order valence-corrected chi connectivity index (χ2v) is 5.52. The molecule has 1 aromatic rings. The summed E-state index contributed by atoms with van der Waals surface area (Å²) in [6, 6.07) is 2.70. The number of benzene rings is 1. The fraction of sp³-hybridized carbons (Fsp3) is 0.462. The van der Waals surface area contributed by atoms with Gasteiger partial charge in [0.15, 0.2) is 0 Å². The second-order valence-electron chi connectivity index (χ2n) is 4.66. The molecule has 0 bridgehead atoms. The largest absolute Gasteiger partial charge is 0.388 e. The molecule has 0 amide bonds. The van der Waals surface area contributed by atoms with Crippen LogP contribution in [-0.4, -0.2) is 23.3 Å². The first-order valence-electron chi connectivity index (χ1n) is 6.02. The van der Waals surface area contributed by atoms with E-state index in [0.717, 1.165) is 0 Å². The van der Waals surface area contributed by atoms with Gasteiger partial charge in [-0.3, -0.25) is 10.3 Å². The molecule has 0 fully saturated rings. The molecule has 0 heterocycles. The Morgan fingerprint density at radius 1 is 1.42 bits per heavy atom. The van der Waals surface area contributed by atoms with E-state index >= 15 is 0 Å². The van der Waals surface area contributed by atoms with Gasteiger partial charge in [0.1, 0.15) is 11.6 Å². The molecule has 0 aliphatic rings. The third-order valence-electron chi connectivity index (χ3n) is 2.90. The zero-order chi connectivity index (χ0) is 14.6. The molecule has 0 unspecified atom stereocenters. The maximum Gasteiger partial charge on any atom is 0.144 e. The Labute approximate surface area is 120 Å². The highest BCUT2D eigenvalue weighted by atomic mass is 79.9. The molecule has 6 heteroatoms. The number of hydrogen-bond acceptors (Lipinski definition) is 2. The first-order chi connectivity index (χ1) is 8.82. The predicted molar refractivity (Wildman–Crippen MR) is 76.1 cm³/mol. The van der Waals surface area contributed by atoms with Crippen molar-refractivity contribution in [3.63, 3.8) is 0 Å². The monoisotopic (exact) mass is 333 g/mol. The maximum atomic E-state index is 13.9. The summed E-state index contributed by atoms with van der Waals surface area (Å²) in [5.74, 6) is -1.07. The van der Waals surface area contributed by atoms with Crippen molar-refractivity contribution >= 4 is 21.8 Å². The topological polar surface area (TPSA) is 53.1 Å². The van der Waals surface area contributed by atoms with Crippen molar-refractivity contribution in [2.45, 2.75) is 32.9 Å². The van der Waals surface area contributed by atoms with E-state index in [1.165, 1.54) is 12.1 Å². The summed E-state index contributed by atoms with van der Waals surface area (Å²) in [5.41, 5.74) is 5.35. The normalized spacial score (nSPS) is 11.3. The molecule has 0 aromatic heterocycles. The first kappa shape index (κ1) is 16.0. The van der Waals surface area contributed by atoms with Crippen LogP contribution in [0.4, 0.5) is 8.78 Å². The summed E-state index contributed by atoms with van der Waals surface area (Å²) in [6.45, 7) is 4.53. The zero-order valence-electron chi connectivity index (χ0n) is 11.0. The van der Waals surface area contributed by atoms with Crippen LogP contribution in [0.5, 0.6) is 0 Å². The van der Waals surface area contributed by atoms with Gasteiger partial charge in [0.05, 0.1) is 10.3 Å². The second kappa shape index (κ2) is 6.96. The van der Waals surface area contributed by atoms with Crippen LogP contribution in [-0.2, 0) is 6.54 Å². The van der Waals surface area contributed by atoms with E-state index in [2.05, 4.69) is 15.9 Å². The zero-order valence-corrected chi connectivity index (χ0v) is 12.6. The minimum absolute atomic E-state index is 0.0339. The van der Waals surface area contributed by atoms with Gasteiger partial charge in [-0.2, -0.15) is 0 Å². The Bertz CT molecular complexity index is 463. The molecule has 3 N–H and O–H groups in total. The maximum absolute atomic E-state index is 13.9. The number of rotatable bonds is 6. The van der Waals surface area contributed by atoms with Crippen LogP contribution in [0, 0.1) is 17.0 Å². The summed E-state index contributed by atoms with van der Waals surface area (Å²) in [6.07, 6.45) is 0.384. The molecule has 0 radical (unpaired) electrons. The number of hydrogen-bond donors (Lipinski definition) is 2. The number of nitrogens with one attached hydrogen (secondary N) is 1. The lowest BCUT2D eigenvalue weighted by atomic mass is 10.1. The minimum Gasteiger partial charge on any atom is -0.388 e. The lowest BCUT2D eigenvalue weighted by molar-refractivity contribution is 0.213.